The maximum atomic E-state index is 12.2. The van der Waals surface area contributed by atoms with E-state index in [1.54, 1.807) is 30.3 Å². The molecule has 7 heteroatoms. The van der Waals surface area contributed by atoms with Gasteiger partial charge in [0.15, 0.2) is 0 Å². The standard InChI is InChI=1S/C16H13Cl3N2O2/c1-20-16(23)11-7-9(5-6-14(11)19)21-15(22)8-10-12(17)3-2-4-13(10)18/h2-7H,8H2,1H3,(H,20,23)(H,21,22). The van der Waals surface area contributed by atoms with Gasteiger partial charge in [-0.1, -0.05) is 40.9 Å². The molecule has 0 saturated heterocycles. The number of rotatable bonds is 4. The SMILES string of the molecule is CNC(=O)c1cc(NC(=O)Cc2c(Cl)cccc2Cl)ccc1Cl. The molecule has 0 heterocycles. The molecule has 2 N–H and O–H groups in total. The van der Waals surface area contributed by atoms with Gasteiger partial charge in [0, 0.05) is 22.8 Å². The molecular weight excluding hydrogens is 359 g/mol. The molecule has 0 fully saturated rings. The predicted octanol–water partition coefficient (Wildman–Crippen LogP) is 4.19. The third kappa shape index (κ3) is 4.38. The van der Waals surface area contributed by atoms with Gasteiger partial charge in [-0.05, 0) is 35.9 Å². The second kappa shape index (κ2) is 7.68. The molecule has 0 radical (unpaired) electrons. The highest BCUT2D eigenvalue weighted by Crippen LogP contribution is 2.25. The Morgan fingerprint density at radius 2 is 1.65 bits per heavy atom. The van der Waals surface area contributed by atoms with Crippen molar-refractivity contribution < 1.29 is 9.59 Å². The number of carbonyl (C=O) groups is 2. The van der Waals surface area contributed by atoms with Gasteiger partial charge in [-0.25, -0.2) is 0 Å². The average molecular weight is 372 g/mol. The van der Waals surface area contributed by atoms with Crippen LogP contribution in [-0.2, 0) is 11.2 Å². The number of carbonyl (C=O) groups excluding carboxylic acids is 2. The minimum absolute atomic E-state index is 0.0242. The molecule has 2 rings (SSSR count). The van der Waals surface area contributed by atoms with Crippen LogP contribution in [0.15, 0.2) is 36.4 Å². The van der Waals surface area contributed by atoms with Crippen molar-refractivity contribution in [1.29, 1.82) is 0 Å². The number of anilines is 1. The van der Waals surface area contributed by atoms with Crippen molar-refractivity contribution in [3.05, 3.63) is 62.6 Å². The molecular formula is C16H13Cl3N2O2. The third-order valence-corrected chi connectivity index (χ3v) is 4.16. The molecule has 2 aromatic rings. The fourth-order valence-electron chi connectivity index (χ4n) is 1.98. The lowest BCUT2D eigenvalue weighted by Crippen LogP contribution is -2.19. The van der Waals surface area contributed by atoms with Crippen molar-refractivity contribution in [3.8, 4) is 0 Å². The van der Waals surface area contributed by atoms with Gasteiger partial charge in [-0.2, -0.15) is 0 Å². The van der Waals surface area contributed by atoms with E-state index < -0.39 is 0 Å². The van der Waals surface area contributed by atoms with Crippen LogP contribution in [-0.4, -0.2) is 18.9 Å². The van der Waals surface area contributed by atoms with Gasteiger partial charge in [-0.15, -0.1) is 0 Å². The summed E-state index contributed by atoms with van der Waals surface area (Å²) in [5, 5.41) is 6.34. The van der Waals surface area contributed by atoms with Gasteiger partial charge in [0.05, 0.1) is 17.0 Å². The van der Waals surface area contributed by atoms with Gasteiger partial charge in [0.25, 0.3) is 5.91 Å². The molecule has 0 aliphatic rings. The number of halogens is 3. The molecule has 0 aliphatic carbocycles. The summed E-state index contributed by atoms with van der Waals surface area (Å²) in [5.41, 5.74) is 1.29. The molecule has 120 valence electrons. The van der Waals surface area contributed by atoms with Gasteiger partial charge in [0.2, 0.25) is 5.91 Å². The summed E-state index contributed by atoms with van der Waals surface area (Å²) in [6, 6.07) is 9.71. The topological polar surface area (TPSA) is 58.2 Å². The van der Waals surface area contributed by atoms with E-state index in [1.807, 2.05) is 0 Å². The second-order valence-electron chi connectivity index (χ2n) is 4.70. The van der Waals surface area contributed by atoms with E-state index in [4.69, 9.17) is 34.8 Å². The lowest BCUT2D eigenvalue weighted by Gasteiger charge is -2.10. The van der Waals surface area contributed by atoms with Crippen LogP contribution in [0.5, 0.6) is 0 Å². The van der Waals surface area contributed by atoms with Crippen LogP contribution in [0.4, 0.5) is 5.69 Å². The second-order valence-corrected chi connectivity index (χ2v) is 5.92. The smallest absolute Gasteiger partial charge is 0.252 e. The number of hydrogen-bond acceptors (Lipinski definition) is 2. The van der Waals surface area contributed by atoms with Crippen molar-refractivity contribution in [2.24, 2.45) is 0 Å². The summed E-state index contributed by atoms with van der Waals surface area (Å²) in [7, 11) is 1.50. The first kappa shape index (κ1) is 17.6. The molecule has 0 aliphatic heterocycles. The van der Waals surface area contributed by atoms with Crippen molar-refractivity contribution in [3.63, 3.8) is 0 Å². The molecule has 0 bridgehead atoms. The number of amides is 2. The zero-order valence-corrected chi connectivity index (χ0v) is 14.4. The zero-order valence-electron chi connectivity index (χ0n) is 12.1. The van der Waals surface area contributed by atoms with E-state index >= 15 is 0 Å². The summed E-state index contributed by atoms with van der Waals surface area (Å²) >= 11 is 18.1. The van der Waals surface area contributed by atoms with Gasteiger partial charge in [0.1, 0.15) is 0 Å². The third-order valence-electron chi connectivity index (χ3n) is 3.12. The maximum absolute atomic E-state index is 12.2. The average Bonchev–Trinajstić information content (AvgIpc) is 2.52. The fourth-order valence-corrected chi connectivity index (χ4v) is 2.71. The summed E-state index contributed by atoms with van der Waals surface area (Å²) in [6.07, 6.45) is 0.0242. The van der Waals surface area contributed by atoms with Crippen molar-refractivity contribution in [2.45, 2.75) is 6.42 Å². The number of benzene rings is 2. The highest BCUT2D eigenvalue weighted by atomic mass is 35.5. The van der Waals surface area contributed by atoms with Crippen LogP contribution < -0.4 is 10.6 Å². The summed E-state index contributed by atoms with van der Waals surface area (Å²) in [5.74, 6) is -0.634. The van der Waals surface area contributed by atoms with E-state index in [1.165, 1.54) is 13.1 Å². The Labute approximate surface area is 148 Å². The fraction of sp³-hybridized carbons (Fsp3) is 0.125. The first-order valence-electron chi connectivity index (χ1n) is 6.66. The Morgan fingerprint density at radius 3 is 2.26 bits per heavy atom. The number of hydrogen-bond donors (Lipinski definition) is 2. The maximum Gasteiger partial charge on any atom is 0.252 e. The lowest BCUT2D eigenvalue weighted by atomic mass is 10.1. The van der Waals surface area contributed by atoms with Crippen LogP contribution in [0.25, 0.3) is 0 Å². The van der Waals surface area contributed by atoms with E-state index in [2.05, 4.69) is 10.6 Å². The highest BCUT2D eigenvalue weighted by molar-refractivity contribution is 6.36. The van der Waals surface area contributed by atoms with E-state index in [-0.39, 0.29) is 23.8 Å². The van der Waals surface area contributed by atoms with Crippen LogP contribution in [0.1, 0.15) is 15.9 Å². The molecule has 0 unspecified atom stereocenters. The largest absolute Gasteiger partial charge is 0.355 e. The molecule has 2 aromatic carbocycles. The van der Waals surface area contributed by atoms with Crippen LogP contribution in [0, 0.1) is 0 Å². The molecule has 0 atom stereocenters. The zero-order chi connectivity index (χ0) is 17.0. The van der Waals surface area contributed by atoms with Crippen LogP contribution in [0.3, 0.4) is 0 Å². The molecule has 0 spiro atoms. The Kier molecular flexibility index (Phi) is 5.88. The normalized spacial score (nSPS) is 10.3. The van der Waals surface area contributed by atoms with Gasteiger partial charge in [-0.3, -0.25) is 9.59 Å². The lowest BCUT2D eigenvalue weighted by molar-refractivity contribution is -0.115. The Morgan fingerprint density at radius 1 is 1.00 bits per heavy atom. The number of nitrogens with one attached hydrogen (secondary N) is 2. The molecule has 0 aromatic heterocycles. The van der Waals surface area contributed by atoms with E-state index in [9.17, 15) is 9.59 Å². The summed E-state index contributed by atoms with van der Waals surface area (Å²) in [4.78, 5) is 23.9. The Hall–Kier alpha value is -1.75. The first-order valence-corrected chi connectivity index (χ1v) is 7.80. The van der Waals surface area contributed by atoms with Crippen LogP contribution >= 0.6 is 34.8 Å². The molecule has 4 nitrogen and oxygen atoms in total. The minimum atomic E-state index is -0.333. The molecule has 0 saturated carbocycles. The minimum Gasteiger partial charge on any atom is -0.355 e. The van der Waals surface area contributed by atoms with Crippen molar-refractivity contribution in [2.75, 3.05) is 12.4 Å². The molecule has 2 amide bonds. The molecule has 23 heavy (non-hydrogen) atoms. The monoisotopic (exact) mass is 370 g/mol. The Bertz CT molecular complexity index is 743. The van der Waals surface area contributed by atoms with Gasteiger partial charge >= 0.3 is 0 Å². The van der Waals surface area contributed by atoms with E-state index in [0.717, 1.165) is 0 Å². The summed E-state index contributed by atoms with van der Waals surface area (Å²) < 4.78 is 0. The van der Waals surface area contributed by atoms with E-state index in [0.29, 0.717) is 26.3 Å². The van der Waals surface area contributed by atoms with Crippen molar-refractivity contribution >= 4 is 52.3 Å². The predicted molar refractivity (Wildman–Crippen MR) is 93.6 cm³/mol. The first-order chi connectivity index (χ1) is 10.9. The highest BCUT2D eigenvalue weighted by Gasteiger charge is 2.13. The van der Waals surface area contributed by atoms with Gasteiger partial charge < -0.3 is 10.6 Å². The van der Waals surface area contributed by atoms with Crippen molar-refractivity contribution in [1.82, 2.24) is 5.32 Å². The summed E-state index contributed by atoms with van der Waals surface area (Å²) in [6.45, 7) is 0. The van der Waals surface area contributed by atoms with Crippen LogP contribution in [0.2, 0.25) is 15.1 Å². The Balaban J connectivity index is 2.16. The quantitative estimate of drug-likeness (QED) is 0.846.